The molecule has 0 spiro atoms. The van der Waals surface area contributed by atoms with E-state index in [1.807, 2.05) is 0 Å². The van der Waals surface area contributed by atoms with Gasteiger partial charge in [0.15, 0.2) is 5.69 Å². The maximum atomic E-state index is 6.67. The van der Waals surface area contributed by atoms with Crippen molar-refractivity contribution in [2.24, 2.45) is 10.7 Å². The fourth-order valence-corrected chi connectivity index (χ4v) is 7.38. The van der Waals surface area contributed by atoms with Crippen LogP contribution < -0.4 is 16.0 Å². The predicted octanol–water partition coefficient (Wildman–Crippen LogP) is 9.18. The lowest BCUT2D eigenvalue weighted by molar-refractivity contribution is -0.680. The Morgan fingerprint density at radius 3 is 2.14 bits per heavy atom. The molecule has 0 atom stereocenters. The number of aryl methyl sites for hydroxylation is 2. The Labute approximate surface area is 260 Å². The van der Waals surface area contributed by atoms with E-state index in [9.17, 15) is 0 Å². The van der Waals surface area contributed by atoms with E-state index in [-0.39, 0.29) is 0 Å². The van der Waals surface area contributed by atoms with E-state index in [4.69, 9.17) is 16.5 Å². The zero-order valence-corrected chi connectivity index (χ0v) is 26.8. The van der Waals surface area contributed by atoms with Gasteiger partial charge in [0.25, 0.3) is 0 Å². The summed E-state index contributed by atoms with van der Waals surface area (Å²) in [5.41, 5.74) is 24.5. The van der Waals surface area contributed by atoms with Crippen LogP contribution in [0, 0.1) is 6.92 Å². The fourth-order valence-electron chi connectivity index (χ4n) is 7.38. The average molecular weight is 580 g/mol. The Kier molecular flexibility index (Phi) is 11.7. The Hall–Kier alpha value is -3.14. The molecule has 3 aromatic rings. The van der Waals surface area contributed by atoms with Crippen LogP contribution in [-0.2, 0) is 19.4 Å². The summed E-state index contributed by atoms with van der Waals surface area (Å²) in [5.74, 6) is 0. The van der Waals surface area contributed by atoms with E-state index in [0.29, 0.717) is 0 Å². The molecule has 0 unspecified atom stereocenters. The minimum Gasteiger partial charge on any atom is -0.398 e. The molecule has 1 aromatic heterocycles. The Morgan fingerprint density at radius 1 is 0.721 bits per heavy atom. The van der Waals surface area contributed by atoms with Gasteiger partial charge in [-0.1, -0.05) is 81.3 Å². The van der Waals surface area contributed by atoms with E-state index < -0.39 is 0 Å². The number of fused-ring (bicyclic) bond motifs is 2. The highest BCUT2D eigenvalue weighted by atomic mass is 15.0. The molecule has 0 aliphatic heterocycles. The van der Waals surface area contributed by atoms with Crippen LogP contribution in [0.3, 0.4) is 0 Å². The summed E-state index contributed by atoms with van der Waals surface area (Å²) < 4.78 is 2.61. The van der Waals surface area contributed by atoms with Crippen molar-refractivity contribution in [1.29, 1.82) is 0 Å². The van der Waals surface area contributed by atoms with Gasteiger partial charge < -0.3 is 11.5 Å². The van der Waals surface area contributed by atoms with Crippen molar-refractivity contribution in [2.45, 2.75) is 129 Å². The van der Waals surface area contributed by atoms with E-state index in [2.05, 4.69) is 60.0 Å². The second kappa shape index (κ2) is 16.1. The number of anilines is 1. The van der Waals surface area contributed by atoms with E-state index in [0.717, 1.165) is 43.7 Å². The van der Waals surface area contributed by atoms with Gasteiger partial charge in [0.2, 0.25) is 5.52 Å². The molecule has 43 heavy (non-hydrogen) atoms. The number of aromatic nitrogens is 1. The van der Waals surface area contributed by atoms with E-state index in [1.165, 1.54) is 141 Å². The molecule has 0 amide bonds. The molecule has 230 valence electrons. The van der Waals surface area contributed by atoms with Gasteiger partial charge in [-0.2, -0.15) is 4.57 Å². The van der Waals surface area contributed by atoms with Gasteiger partial charge in [-0.05, 0) is 81.9 Å². The molecular formula is C39H55N4+. The zero-order chi connectivity index (χ0) is 29.9. The third-order valence-electron chi connectivity index (χ3n) is 9.87. The Balaban J connectivity index is 0.964. The van der Waals surface area contributed by atoms with Crippen LogP contribution in [0.25, 0.3) is 16.6 Å². The Bertz CT molecular complexity index is 1420. The van der Waals surface area contributed by atoms with Gasteiger partial charge in [0, 0.05) is 48.0 Å². The van der Waals surface area contributed by atoms with Crippen LogP contribution in [0.4, 0.5) is 5.69 Å². The average Bonchev–Trinajstić information content (AvgIpc) is 3.04. The van der Waals surface area contributed by atoms with Gasteiger partial charge >= 0.3 is 0 Å². The lowest BCUT2D eigenvalue weighted by Crippen LogP contribution is -2.42. The molecular weight excluding hydrogens is 524 g/mol. The number of pyridine rings is 1. The van der Waals surface area contributed by atoms with Crippen LogP contribution >= 0.6 is 0 Å². The molecule has 0 saturated heterocycles. The number of benzene rings is 2. The number of hydrogen-bond acceptors (Lipinski definition) is 3. The number of unbranched alkanes of at least 4 members (excludes halogenated alkanes) is 9. The third kappa shape index (κ3) is 8.08. The maximum Gasteiger partial charge on any atom is 0.214 e. The summed E-state index contributed by atoms with van der Waals surface area (Å²) in [6, 6.07) is 17.2. The van der Waals surface area contributed by atoms with Crippen LogP contribution in [0.2, 0.25) is 0 Å². The van der Waals surface area contributed by atoms with Crippen LogP contribution in [0.1, 0.15) is 125 Å². The summed E-state index contributed by atoms with van der Waals surface area (Å²) in [4.78, 5) is 5.05. The minimum absolute atomic E-state index is 0.949. The number of allylic oxidation sites excluding steroid dienone is 1. The first-order valence-electron chi connectivity index (χ1n) is 17.4. The SMILES string of the molecule is Cc1ccccc1/C(N)=C1/CCCCC1=NCCCCCCCCCCCC[n+]1c2c(c(N)c3ccccc31)CCCC2. The smallest absolute Gasteiger partial charge is 0.214 e. The highest BCUT2D eigenvalue weighted by Gasteiger charge is 2.26. The summed E-state index contributed by atoms with van der Waals surface area (Å²) in [7, 11) is 0. The first kappa shape index (κ1) is 31.3. The molecule has 5 rings (SSSR count). The third-order valence-corrected chi connectivity index (χ3v) is 9.87. The Morgan fingerprint density at radius 2 is 1.35 bits per heavy atom. The molecule has 4 N–H and O–H groups in total. The summed E-state index contributed by atoms with van der Waals surface area (Å²) in [5, 5.41) is 1.24. The van der Waals surface area contributed by atoms with Crippen LogP contribution in [0.15, 0.2) is 59.1 Å². The predicted molar refractivity (Wildman–Crippen MR) is 184 cm³/mol. The standard InChI is InChI=1S/C39H54N4/c1-30-20-10-11-21-31(30)38(40)32-22-12-15-25-35(32)42-28-18-8-6-4-2-3-5-7-9-19-29-43-36-26-16-13-23-33(36)39(41)34-24-14-17-27-37(34)43/h10-11,13,16,20-21,23,26,41H,2-9,12,14-15,17-19,22,24-25,27-29H2,1H3,(H2,40,42)/p+1. The number of nitrogen functional groups attached to an aromatic ring is 1. The van der Waals surface area contributed by atoms with Crippen molar-refractivity contribution in [3.8, 4) is 0 Å². The highest BCUT2D eigenvalue weighted by molar-refractivity contribution is 6.06. The number of para-hydroxylation sites is 1. The van der Waals surface area contributed by atoms with Crippen LogP contribution in [0.5, 0.6) is 0 Å². The number of hydrogen-bond donors (Lipinski definition) is 2. The number of rotatable bonds is 14. The summed E-state index contributed by atoms with van der Waals surface area (Å²) >= 11 is 0. The van der Waals surface area contributed by atoms with E-state index >= 15 is 0 Å². The van der Waals surface area contributed by atoms with Gasteiger partial charge in [-0.25, -0.2) is 0 Å². The minimum atomic E-state index is 0.949. The maximum absolute atomic E-state index is 6.67. The second-order valence-electron chi connectivity index (χ2n) is 13.0. The molecule has 1 heterocycles. The van der Waals surface area contributed by atoms with Gasteiger partial charge in [-0.15, -0.1) is 0 Å². The second-order valence-corrected chi connectivity index (χ2v) is 13.0. The topological polar surface area (TPSA) is 68.3 Å². The number of nitrogens with two attached hydrogens (primary N) is 2. The molecule has 2 aromatic carbocycles. The van der Waals surface area contributed by atoms with Crippen molar-refractivity contribution in [2.75, 3.05) is 12.3 Å². The first-order chi connectivity index (χ1) is 21.1. The summed E-state index contributed by atoms with van der Waals surface area (Å²) in [6.45, 7) is 4.23. The van der Waals surface area contributed by atoms with Crippen molar-refractivity contribution >= 4 is 28.0 Å². The quantitative estimate of drug-likeness (QED) is 0.148. The molecule has 2 aliphatic rings. The summed E-state index contributed by atoms with van der Waals surface area (Å²) in [6.07, 6.45) is 22.8. The van der Waals surface area contributed by atoms with Crippen LogP contribution in [-0.4, -0.2) is 12.3 Å². The zero-order valence-electron chi connectivity index (χ0n) is 26.8. The largest absolute Gasteiger partial charge is 0.398 e. The number of nitrogens with zero attached hydrogens (tertiary/aromatic N) is 2. The van der Waals surface area contributed by atoms with Crippen molar-refractivity contribution in [3.63, 3.8) is 0 Å². The number of aliphatic imine (C=N–C) groups is 1. The van der Waals surface area contributed by atoms with E-state index in [1.54, 1.807) is 0 Å². The lowest BCUT2D eigenvalue weighted by Gasteiger charge is -2.20. The highest BCUT2D eigenvalue weighted by Crippen LogP contribution is 2.31. The molecule has 0 bridgehead atoms. The van der Waals surface area contributed by atoms with Gasteiger partial charge in [0.1, 0.15) is 6.54 Å². The van der Waals surface area contributed by atoms with Crippen molar-refractivity contribution in [1.82, 2.24) is 0 Å². The normalized spacial score (nSPS) is 17.4. The molecule has 1 saturated carbocycles. The fraction of sp³-hybridized carbons (Fsp3) is 0.538. The van der Waals surface area contributed by atoms with Crippen molar-refractivity contribution in [3.05, 3.63) is 76.5 Å². The lowest BCUT2D eigenvalue weighted by atomic mass is 9.88. The first-order valence-corrected chi connectivity index (χ1v) is 17.4. The molecule has 2 aliphatic carbocycles. The van der Waals surface area contributed by atoms with Crippen molar-refractivity contribution < 1.29 is 4.57 Å². The molecule has 4 nitrogen and oxygen atoms in total. The van der Waals surface area contributed by atoms with Gasteiger partial charge in [-0.3, -0.25) is 4.99 Å². The monoisotopic (exact) mass is 579 g/mol. The molecule has 4 heteroatoms. The molecule has 1 fully saturated rings. The van der Waals surface area contributed by atoms with Gasteiger partial charge in [0.05, 0.1) is 11.1 Å². The molecule has 0 radical (unpaired) electrons.